The van der Waals surface area contributed by atoms with Gasteiger partial charge in [-0.15, -0.1) is 11.3 Å². The molecule has 0 spiro atoms. The van der Waals surface area contributed by atoms with Gasteiger partial charge in [-0.05, 0) is 31.2 Å². The fourth-order valence-electron chi connectivity index (χ4n) is 4.78. The Morgan fingerprint density at radius 1 is 1.21 bits per heavy atom. The Balaban J connectivity index is 1.31. The minimum atomic E-state index is -0.914. The molecule has 3 aliphatic rings. The molecule has 9 heteroatoms. The highest BCUT2D eigenvalue weighted by molar-refractivity contribution is 7.18. The Kier molecular flexibility index (Phi) is 5.38. The molecule has 1 atom stereocenters. The van der Waals surface area contributed by atoms with Crippen LogP contribution in [-0.2, 0) is 27.3 Å². The molecule has 2 aromatic heterocycles. The molecular weight excluding hydrogens is 392 g/mol. The standard InChI is InChI=1S/C20H26N4O4S/c25-20(26)15-9-14-16(10-28-15)29-19-17(14)18(21-11-22-19)23-12-1-3-13(4-2-12)24-5-7-27-8-6-24/h11-13,15H,1-10H2,(H,25,26)(H,21,22,23)/t12-,13-,15?. The molecule has 4 heterocycles. The molecule has 0 radical (unpaired) electrons. The molecule has 1 saturated carbocycles. The second-order valence-electron chi connectivity index (χ2n) is 8.05. The van der Waals surface area contributed by atoms with E-state index < -0.39 is 12.1 Å². The van der Waals surface area contributed by atoms with Crippen molar-refractivity contribution in [2.45, 2.75) is 56.9 Å². The van der Waals surface area contributed by atoms with E-state index in [-0.39, 0.29) is 0 Å². The van der Waals surface area contributed by atoms with Gasteiger partial charge in [-0.25, -0.2) is 14.8 Å². The number of hydrogen-bond acceptors (Lipinski definition) is 8. The van der Waals surface area contributed by atoms with Crippen molar-refractivity contribution in [3.63, 3.8) is 0 Å². The zero-order chi connectivity index (χ0) is 19.8. The molecule has 0 amide bonds. The summed E-state index contributed by atoms with van der Waals surface area (Å²) in [6.45, 7) is 4.12. The van der Waals surface area contributed by atoms with Gasteiger partial charge < -0.3 is 19.9 Å². The summed E-state index contributed by atoms with van der Waals surface area (Å²) in [5, 5.41) is 14.0. The Hall–Kier alpha value is -1.81. The Morgan fingerprint density at radius 3 is 2.76 bits per heavy atom. The number of ether oxygens (including phenoxy) is 2. The van der Waals surface area contributed by atoms with Crippen molar-refractivity contribution in [2.24, 2.45) is 0 Å². The normalized spacial score (nSPS) is 28.2. The van der Waals surface area contributed by atoms with Gasteiger partial charge in [-0.1, -0.05) is 0 Å². The van der Waals surface area contributed by atoms with Gasteiger partial charge in [0.1, 0.15) is 17.0 Å². The van der Waals surface area contributed by atoms with Crippen LogP contribution in [0.1, 0.15) is 36.1 Å². The number of aliphatic carboxylic acids is 1. The summed E-state index contributed by atoms with van der Waals surface area (Å²) in [4.78, 5) is 24.9. The topological polar surface area (TPSA) is 96.8 Å². The monoisotopic (exact) mass is 418 g/mol. The van der Waals surface area contributed by atoms with Crippen LogP contribution in [0.5, 0.6) is 0 Å². The lowest BCUT2D eigenvalue weighted by atomic mass is 9.90. The number of thiophene rings is 1. The number of anilines is 1. The number of carboxylic acids is 1. The predicted octanol–water partition coefficient (Wildman–Crippen LogP) is 2.27. The van der Waals surface area contributed by atoms with E-state index in [1.807, 2.05) is 0 Å². The van der Waals surface area contributed by atoms with E-state index in [4.69, 9.17) is 9.47 Å². The lowest BCUT2D eigenvalue weighted by Crippen LogP contribution is -2.46. The van der Waals surface area contributed by atoms with Crippen LogP contribution < -0.4 is 5.32 Å². The number of hydrogen-bond donors (Lipinski definition) is 2. The minimum Gasteiger partial charge on any atom is -0.479 e. The fraction of sp³-hybridized carbons (Fsp3) is 0.650. The maximum Gasteiger partial charge on any atom is 0.333 e. The molecule has 5 rings (SSSR count). The molecule has 2 N–H and O–H groups in total. The summed E-state index contributed by atoms with van der Waals surface area (Å²) in [6.07, 6.45) is 5.77. The first kappa shape index (κ1) is 19.2. The Morgan fingerprint density at radius 2 is 2.00 bits per heavy atom. The zero-order valence-electron chi connectivity index (χ0n) is 16.3. The molecule has 29 heavy (non-hydrogen) atoms. The summed E-state index contributed by atoms with van der Waals surface area (Å²) in [5.74, 6) is -0.0730. The molecule has 156 valence electrons. The van der Waals surface area contributed by atoms with Gasteiger partial charge in [-0.2, -0.15) is 0 Å². The van der Waals surface area contributed by atoms with Gasteiger partial charge in [0.25, 0.3) is 0 Å². The zero-order valence-corrected chi connectivity index (χ0v) is 17.1. The van der Waals surface area contributed by atoms with Gasteiger partial charge in [0.15, 0.2) is 6.10 Å². The molecule has 2 fully saturated rings. The highest BCUT2D eigenvalue weighted by Gasteiger charge is 2.31. The highest BCUT2D eigenvalue weighted by Crippen LogP contribution is 2.38. The van der Waals surface area contributed by atoms with Crippen molar-refractivity contribution in [1.82, 2.24) is 14.9 Å². The van der Waals surface area contributed by atoms with Gasteiger partial charge in [0.05, 0.1) is 25.2 Å². The van der Waals surface area contributed by atoms with Crippen molar-refractivity contribution in [1.29, 1.82) is 0 Å². The van der Waals surface area contributed by atoms with Crippen LogP contribution in [-0.4, -0.2) is 70.4 Å². The number of morpholine rings is 1. The van der Waals surface area contributed by atoms with Crippen LogP contribution in [0, 0.1) is 0 Å². The third-order valence-corrected chi connectivity index (χ3v) is 7.46. The number of nitrogens with zero attached hydrogens (tertiary/aromatic N) is 3. The molecule has 1 saturated heterocycles. The maximum absolute atomic E-state index is 11.4. The van der Waals surface area contributed by atoms with E-state index in [0.29, 0.717) is 25.1 Å². The van der Waals surface area contributed by atoms with Crippen LogP contribution in [0.4, 0.5) is 5.82 Å². The van der Waals surface area contributed by atoms with Crippen molar-refractivity contribution < 1.29 is 19.4 Å². The van der Waals surface area contributed by atoms with Crippen LogP contribution in [0.3, 0.4) is 0 Å². The molecule has 0 bridgehead atoms. The predicted molar refractivity (Wildman–Crippen MR) is 109 cm³/mol. The first-order chi connectivity index (χ1) is 14.2. The fourth-order valence-corrected chi connectivity index (χ4v) is 5.87. The summed E-state index contributed by atoms with van der Waals surface area (Å²) < 4.78 is 11.0. The third-order valence-electron chi connectivity index (χ3n) is 6.35. The van der Waals surface area contributed by atoms with Gasteiger partial charge >= 0.3 is 5.97 Å². The summed E-state index contributed by atoms with van der Waals surface area (Å²) in [5.41, 5.74) is 1.04. The van der Waals surface area contributed by atoms with Crippen molar-refractivity contribution in [2.75, 3.05) is 31.6 Å². The minimum absolute atomic E-state index is 0.331. The van der Waals surface area contributed by atoms with Gasteiger partial charge in [0, 0.05) is 36.5 Å². The maximum atomic E-state index is 11.4. The number of aromatic nitrogens is 2. The highest BCUT2D eigenvalue weighted by atomic mass is 32.1. The summed E-state index contributed by atoms with van der Waals surface area (Å²) >= 11 is 1.58. The average Bonchev–Trinajstić information content (AvgIpc) is 3.13. The van der Waals surface area contributed by atoms with E-state index in [0.717, 1.165) is 65.6 Å². The van der Waals surface area contributed by atoms with E-state index in [1.165, 1.54) is 12.8 Å². The average molecular weight is 419 g/mol. The lowest BCUT2D eigenvalue weighted by Gasteiger charge is -2.39. The van der Waals surface area contributed by atoms with Crippen molar-refractivity contribution in [3.05, 3.63) is 16.8 Å². The molecule has 0 aromatic carbocycles. The number of carboxylic acid groups (broad SMARTS) is 1. The van der Waals surface area contributed by atoms with Gasteiger partial charge in [-0.3, -0.25) is 4.90 Å². The largest absolute Gasteiger partial charge is 0.479 e. The third kappa shape index (κ3) is 3.84. The Labute approximate surface area is 173 Å². The smallest absolute Gasteiger partial charge is 0.333 e. The van der Waals surface area contributed by atoms with Crippen molar-refractivity contribution in [3.8, 4) is 0 Å². The number of carbonyl (C=O) groups is 1. The first-order valence-corrected chi connectivity index (χ1v) is 11.2. The van der Waals surface area contributed by atoms with E-state index in [1.54, 1.807) is 17.7 Å². The SMILES string of the molecule is O=C(O)C1Cc2c(sc3ncnc(N[C@H]4CC[C@H](N5CCOCC5)CC4)c23)CO1. The van der Waals surface area contributed by atoms with Crippen LogP contribution in [0.15, 0.2) is 6.33 Å². The number of rotatable bonds is 4. The molecule has 8 nitrogen and oxygen atoms in total. The molecule has 2 aliphatic heterocycles. The molecular formula is C20H26N4O4S. The number of nitrogens with one attached hydrogen (secondary N) is 1. The van der Waals surface area contributed by atoms with E-state index in [2.05, 4.69) is 20.2 Å². The van der Waals surface area contributed by atoms with E-state index >= 15 is 0 Å². The van der Waals surface area contributed by atoms with Crippen LogP contribution >= 0.6 is 11.3 Å². The van der Waals surface area contributed by atoms with Crippen LogP contribution in [0.2, 0.25) is 0 Å². The summed E-state index contributed by atoms with van der Waals surface area (Å²) in [7, 11) is 0. The van der Waals surface area contributed by atoms with E-state index in [9.17, 15) is 9.90 Å². The summed E-state index contributed by atoms with van der Waals surface area (Å²) in [6, 6.07) is 1.04. The molecule has 2 aromatic rings. The van der Waals surface area contributed by atoms with Crippen molar-refractivity contribution >= 4 is 33.3 Å². The first-order valence-electron chi connectivity index (χ1n) is 10.4. The molecule has 1 unspecified atom stereocenters. The lowest BCUT2D eigenvalue weighted by molar-refractivity contribution is -0.151. The Bertz CT molecular complexity index is 890. The number of fused-ring (bicyclic) bond motifs is 3. The quantitative estimate of drug-likeness (QED) is 0.781. The second-order valence-corrected chi connectivity index (χ2v) is 9.13. The molecule has 1 aliphatic carbocycles. The van der Waals surface area contributed by atoms with Gasteiger partial charge in [0.2, 0.25) is 0 Å². The van der Waals surface area contributed by atoms with Crippen LogP contribution in [0.25, 0.3) is 10.2 Å². The second kappa shape index (κ2) is 8.14.